The molecule has 0 atom stereocenters. The van der Waals surface area contributed by atoms with Gasteiger partial charge in [-0.05, 0) is 63.5 Å². The highest BCUT2D eigenvalue weighted by atomic mass is 79.9. The minimum Gasteiger partial charge on any atom is -0.493 e. The molecule has 0 aliphatic carbocycles. The quantitative estimate of drug-likeness (QED) is 0.148. The third kappa shape index (κ3) is 5.31. The van der Waals surface area contributed by atoms with Crippen LogP contribution in [0.2, 0.25) is 0 Å². The van der Waals surface area contributed by atoms with Crippen molar-refractivity contribution < 1.29 is 14.3 Å². The van der Waals surface area contributed by atoms with Gasteiger partial charge in [0.2, 0.25) is 0 Å². The van der Waals surface area contributed by atoms with Crippen molar-refractivity contribution in [2.75, 3.05) is 7.11 Å². The second-order valence-electron chi connectivity index (χ2n) is 8.55. The Morgan fingerprint density at radius 2 is 1.58 bits per heavy atom. The number of carbonyl (C=O) groups is 1. The average molecular weight is 570 g/mol. The zero-order valence-electron chi connectivity index (χ0n) is 20.6. The lowest BCUT2D eigenvalue weighted by atomic mass is 10.1. The Hall–Kier alpha value is -4.43. The first-order chi connectivity index (χ1) is 18.5. The van der Waals surface area contributed by atoms with Gasteiger partial charge in [0, 0.05) is 10.8 Å². The number of rotatable bonds is 8. The number of hydrogen-bond donors (Lipinski definition) is 1. The molecule has 0 spiro atoms. The summed E-state index contributed by atoms with van der Waals surface area (Å²) in [5.41, 5.74) is 5.66. The van der Waals surface area contributed by atoms with Crippen LogP contribution in [0.15, 0.2) is 105 Å². The van der Waals surface area contributed by atoms with Crippen molar-refractivity contribution in [2.45, 2.75) is 13.2 Å². The summed E-state index contributed by atoms with van der Waals surface area (Å²) in [6, 6.07) is 28.0. The molecule has 5 aromatic rings. The zero-order valence-corrected chi connectivity index (χ0v) is 22.1. The van der Waals surface area contributed by atoms with E-state index in [1.807, 2.05) is 77.4 Å². The van der Waals surface area contributed by atoms with Crippen molar-refractivity contribution in [3.05, 3.63) is 117 Å². The van der Waals surface area contributed by atoms with E-state index in [1.165, 1.54) is 6.21 Å². The van der Waals surface area contributed by atoms with Crippen molar-refractivity contribution in [1.82, 2.24) is 9.99 Å². The summed E-state index contributed by atoms with van der Waals surface area (Å²) in [7, 11) is 1.57. The molecule has 8 heteroatoms. The predicted octanol–water partition coefficient (Wildman–Crippen LogP) is 5.66. The van der Waals surface area contributed by atoms with Crippen molar-refractivity contribution in [2.24, 2.45) is 5.10 Å². The molecule has 0 aliphatic heterocycles. The number of hydrogen-bond acceptors (Lipinski definition) is 5. The van der Waals surface area contributed by atoms with Crippen LogP contribution in [0.25, 0.3) is 21.8 Å². The molecular weight excluding hydrogens is 546 g/mol. The lowest BCUT2D eigenvalue weighted by Crippen LogP contribution is -2.25. The van der Waals surface area contributed by atoms with E-state index in [9.17, 15) is 9.59 Å². The molecule has 38 heavy (non-hydrogen) atoms. The molecule has 0 radical (unpaired) electrons. The molecule has 1 amide bonds. The smallest absolute Gasteiger partial charge is 0.260 e. The number of benzene rings is 4. The lowest BCUT2D eigenvalue weighted by molar-refractivity contribution is -0.121. The van der Waals surface area contributed by atoms with Crippen LogP contribution in [0, 0.1) is 0 Å². The molecule has 0 aliphatic rings. The third-order valence-electron chi connectivity index (χ3n) is 6.06. The van der Waals surface area contributed by atoms with Crippen LogP contribution in [-0.4, -0.2) is 23.8 Å². The van der Waals surface area contributed by atoms with Crippen LogP contribution >= 0.6 is 15.9 Å². The second kappa shape index (κ2) is 11.3. The van der Waals surface area contributed by atoms with Crippen LogP contribution in [-0.2, 0) is 17.9 Å². The lowest BCUT2D eigenvalue weighted by Gasteiger charge is -2.14. The maximum atomic E-state index is 12.9. The number of nitrogens with zero attached hydrogens (tertiary/aromatic N) is 2. The molecule has 1 heterocycles. The number of methoxy groups -OCH3 is 1. The number of hydrazone groups is 1. The SMILES string of the molecule is COc1cc(/C=N\NC(=O)Cn2c3ccccc3c(=O)c3ccccc32)cc(Br)c1OCc1ccccc1. The Bertz CT molecular complexity index is 1650. The van der Waals surface area contributed by atoms with Gasteiger partial charge in [0.05, 0.1) is 28.8 Å². The average Bonchev–Trinajstić information content (AvgIpc) is 2.95. The third-order valence-corrected chi connectivity index (χ3v) is 6.65. The Kier molecular flexibility index (Phi) is 7.51. The van der Waals surface area contributed by atoms with Gasteiger partial charge >= 0.3 is 0 Å². The van der Waals surface area contributed by atoms with Crippen LogP contribution in [0.4, 0.5) is 0 Å². The topological polar surface area (TPSA) is 81.9 Å². The molecule has 7 nitrogen and oxygen atoms in total. The summed E-state index contributed by atoms with van der Waals surface area (Å²) in [5, 5.41) is 5.27. The molecule has 1 N–H and O–H groups in total. The van der Waals surface area contributed by atoms with Crippen LogP contribution in [0.1, 0.15) is 11.1 Å². The zero-order chi connectivity index (χ0) is 26.5. The highest BCUT2D eigenvalue weighted by molar-refractivity contribution is 9.10. The summed E-state index contributed by atoms with van der Waals surface area (Å²) < 4.78 is 14.0. The summed E-state index contributed by atoms with van der Waals surface area (Å²) in [6.45, 7) is 0.394. The Balaban J connectivity index is 1.33. The molecule has 0 fully saturated rings. The standard InChI is InChI=1S/C30H24BrN3O4/c1-37-27-16-21(15-24(31)30(27)38-19-20-9-3-2-4-10-20)17-32-33-28(35)18-34-25-13-7-5-11-22(25)29(36)23-12-6-8-14-26(23)34/h2-17H,18-19H2,1H3,(H,33,35)/b32-17-. The normalized spacial score (nSPS) is 11.2. The molecule has 0 saturated heterocycles. The van der Waals surface area contributed by atoms with E-state index < -0.39 is 0 Å². The molecular formula is C30H24BrN3O4. The number of para-hydroxylation sites is 2. The molecule has 0 saturated carbocycles. The fourth-order valence-electron chi connectivity index (χ4n) is 4.29. The van der Waals surface area contributed by atoms with E-state index in [0.717, 1.165) is 5.56 Å². The van der Waals surface area contributed by atoms with E-state index in [1.54, 1.807) is 25.3 Å². The van der Waals surface area contributed by atoms with Gasteiger partial charge in [-0.1, -0.05) is 54.6 Å². The minimum absolute atomic E-state index is 0.00206. The number of aromatic nitrogens is 1. The Morgan fingerprint density at radius 1 is 0.947 bits per heavy atom. The maximum Gasteiger partial charge on any atom is 0.260 e. The van der Waals surface area contributed by atoms with E-state index in [0.29, 0.717) is 49.9 Å². The molecule has 190 valence electrons. The van der Waals surface area contributed by atoms with Crippen LogP contribution < -0.4 is 20.3 Å². The molecule has 5 rings (SSSR count). The Labute approximate surface area is 227 Å². The van der Waals surface area contributed by atoms with Gasteiger partial charge in [-0.15, -0.1) is 0 Å². The van der Waals surface area contributed by atoms with Gasteiger partial charge in [0.25, 0.3) is 5.91 Å². The monoisotopic (exact) mass is 569 g/mol. The van der Waals surface area contributed by atoms with Gasteiger partial charge in [0.1, 0.15) is 13.2 Å². The number of ether oxygens (including phenoxy) is 2. The van der Waals surface area contributed by atoms with E-state index in [2.05, 4.69) is 26.5 Å². The minimum atomic E-state index is -0.325. The van der Waals surface area contributed by atoms with E-state index in [4.69, 9.17) is 9.47 Å². The van der Waals surface area contributed by atoms with Crippen LogP contribution in [0.3, 0.4) is 0 Å². The van der Waals surface area contributed by atoms with Gasteiger partial charge in [-0.2, -0.15) is 5.10 Å². The van der Waals surface area contributed by atoms with Gasteiger partial charge < -0.3 is 14.0 Å². The van der Waals surface area contributed by atoms with Gasteiger partial charge in [-0.25, -0.2) is 5.43 Å². The fraction of sp³-hybridized carbons (Fsp3) is 0.100. The summed E-state index contributed by atoms with van der Waals surface area (Å²) in [4.78, 5) is 25.8. The number of carbonyl (C=O) groups excluding carboxylic acids is 1. The van der Waals surface area contributed by atoms with Crippen molar-refractivity contribution in [1.29, 1.82) is 0 Å². The molecule has 0 unspecified atom stereocenters. The summed E-state index contributed by atoms with van der Waals surface area (Å²) in [5.74, 6) is 0.790. The number of halogens is 1. The summed E-state index contributed by atoms with van der Waals surface area (Å²) >= 11 is 3.55. The molecule has 0 bridgehead atoms. The number of nitrogens with one attached hydrogen (secondary N) is 1. The summed E-state index contributed by atoms with van der Waals surface area (Å²) in [6.07, 6.45) is 1.54. The van der Waals surface area contributed by atoms with E-state index in [-0.39, 0.29) is 17.9 Å². The maximum absolute atomic E-state index is 12.9. The van der Waals surface area contributed by atoms with Crippen LogP contribution in [0.5, 0.6) is 11.5 Å². The first kappa shape index (κ1) is 25.2. The highest BCUT2D eigenvalue weighted by Crippen LogP contribution is 2.36. The number of fused-ring (bicyclic) bond motifs is 2. The Morgan fingerprint density at radius 3 is 2.24 bits per heavy atom. The molecule has 4 aromatic carbocycles. The fourth-order valence-corrected chi connectivity index (χ4v) is 4.86. The largest absolute Gasteiger partial charge is 0.493 e. The van der Waals surface area contributed by atoms with Crippen molar-refractivity contribution >= 4 is 49.9 Å². The molecule has 1 aromatic heterocycles. The van der Waals surface area contributed by atoms with Crippen molar-refractivity contribution in [3.63, 3.8) is 0 Å². The predicted molar refractivity (Wildman–Crippen MR) is 153 cm³/mol. The second-order valence-corrected chi connectivity index (χ2v) is 9.41. The number of amides is 1. The number of pyridine rings is 1. The van der Waals surface area contributed by atoms with Crippen molar-refractivity contribution in [3.8, 4) is 11.5 Å². The first-order valence-electron chi connectivity index (χ1n) is 11.9. The van der Waals surface area contributed by atoms with E-state index >= 15 is 0 Å². The van der Waals surface area contributed by atoms with Gasteiger partial charge in [-0.3, -0.25) is 9.59 Å². The highest BCUT2D eigenvalue weighted by Gasteiger charge is 2.14. The van der Waals surface area contributed by atoms with Gasteiger partial charge in [0.15, 0.2) is 16.9 Å². The first-order valence-corrected chi connectivity index (χ1v) is 12.7.